The van der Waals surface area contributed by atoms with Crippen molar-refractivity contribution in [2.45, 2.75) is 40.0 Å². The number of rotatable bonds is 2. The van der Waals surface area contributed by atoms with E-state index in [9.17, 15) is 9.90 Å². The number of hydrogen-bond donors (Lipinski definition) is 2. The van der Waals surface area contributed by atoms with Crippen LogP contribution in [0.5, 0.6) is 5.75 Å². The van der Waals surface area contributed by atoms with Crippen LogP contribution in [0.25, 0.3) is 5.52 Å². The van der Waals surface area contributed by atoms with Gasteiger partial charge in [0.25, 0.3) is 5.56 Å². The molecule has 0 fully saturated rings. The number of aryl methyl sites for hydroxylation is 1. The van der Waals surface area contributed by atoms with Crippen molar-refractivity contribution < 1.29 is 5.11 Å². The lowest BCUT2D eigenvalue weighted by molar-refractivity contribution is 0.467. The molecule has 0 radical (unpaired) electrons. The topological polar surface area (TPSA) is 70.4 Å². The standard InChI is InChI=1S/C12H17N3O2/c1-5-8-11(16)10-9(6(2)3)13-7(4)15(10)14-12(8)17/h6,16H,5H2,1-4H3,(H,14,17). The molecule has 0 aliphatic heterocycles. The maximum atomic E-state index is 11.8. The van der Waals surface area contributed by atoms with Crippen LogP contribution in [-0.4, -0.2) is 19.7 Å². The second-order valence-electron chi connectivity index (χ2n) is 4.50. The van der Waals surface area contributed by atoms with Crippen molar-refractivity contribution in [1.29, 1.82) is 0 Å². The maximum Gasteiger partial charge on any atom is 0.269 e. The van der Waals surface area contributed by atoms with Gasteiger partial charge < -0.3 is 5.11 Å². The molecule has 2 heterocycles. The first kappa shape index (κ1) is 11.7. The minimum atomic E-state index is -0.256. The number of aromatic amines is 1. The highest BCUT2D eigenvalue weighted by atomic mass is 16.3. The number of H-pyrrole nitrogens is 1. The molecule has 5 heteroatoms. The Balaban J connectivity index is 2.95. The number of imidazole rings is 1. The number of fused-ring (bicyclic) bond motifs is 1. The number of nitrogens with zero attached hydrogens (tertiary/aromatic N) is 2. The minimum absolute atomic E-state index is 0.0561. The van der Waals surface area contributed by atoms with E-state index in [1.54, 1.807) is 11.4 Å². The summed E-state index contributed by atoms with van der Waals surface area (Å²) >= 11 is 0. The van der Waals surface area contributed by atoms with Gasteiger partial charge in [-0.3, -0.25) is 9.89 Å². The molecule has 0 bridgehead atoms. The predicted molar refractivity (Wildman–Crippen MR) is 65.7 cm³/mol. The second kappa shape index (κ2) is 3.91. The van der Waals surface area contributed by atoms with Crippen LogP contribution in [0, 0.1) is 6.92 Å². The van der Waals surface area contributed by atoms with E-state index in [1.807, 2.05) is 20.8 Å². The number of aromatic nitrogens is 3. The molecule has 2 aromatic rings. The van der Waals surface area contributed by atoms with Gasteiger partial charge in [-0.15, -0.1) is 0 Å². The Morgan fingerprint density at radius 3 is 2.65 bits per heavy atom. The van der Waals surface area contributed by atoms with Crippen LogP contribution in [-0.2, 0) is 6.42 Å². The molecule has 2 N–H and O–H groups in total. The van der Waals surface area contributed by atoms with E-state index in [0.29, 0.717) is 23.3 Å². The molecule has 0 atom stereocenters. The average Bonchev–Trinajstić information content (AvgIpc) is 2.57. The Hall–Kier alpha value is -1.78. The maximum absolute atomic E-state index is 11.8. The van der Waals surface area contributed by atoms with Gasteiger partial charge in [-0.25, -0.2) is 9.50 Å². The molecule has 5 nitrogen and oxygen atoms in total. The van der Waals surface area contributed by atoms with Crippen LogP contribution < -0.4 is 5.56 Å². The van der Waals surface area contributed by atoms with Crippen molar-refractivity contribution in [3.63, 3.8) is 0 Å². The van der Waals surface area contributed by atoms with Crippen molar-refractivity contribution in [2.24, 2.45) is 0 Å². The minimum Gasteiger partial charge on any atom is -0.505 e. The Bertz CT molecular complexity index is 623. The molecule has 17 heavy (non-hydrogen) atoms. The lowest BCUT2D eigenvalue weighted by Gasteiger charge is -2.07. The Labute approximate surface area is 99.1 Å². The lowest BCUT2D eigenvalue weighted by atomic mass is 10.1. The molecular weight excluding hydrogens is 218 g/mol. The third-order valence-electron chi connectivity index (χ3n) is 2.97. The normalized spacial score (nSPS) is 11.6. The molecule has 0 unspecified atom stereocenters. The molecule has 0 spiro atoms. The van der Waals surface area contributed by atoms with E-state index in [-0.39, 0.29) is 17.2 Å². The van der Waals surface area contributed by atoms with Crippen LogP contribution in [0.4, 0.5) is 0 Å². The van der Waals surface area contributed by atoms with Gasteiger partial charge in [0.15, 0.2) is 5.75 Å². The molecule has 0 amide bonds. The van der Waals surface area contributed by atoms with E-state index >= 15 is 0 Å². The summed E-state index contributed by atoms with van der Waals surface area (Å²) in [6.45, 7) is 7.68. The highest BCUT2D eigenvalue weighted by Crippen LogP contribution is 2.28. The fourth-order valence-electron chi connectivity index (χ4n) is 2.07. The first-order valence-electron chi connectivity index (χ1n) is 5.80. The third kappa shape index (κ3) is 1.62. The van der Waals surface area contributed by atoms with Gasteiger partial charge in [-0.2, -0.15) is 0 Å². The first-order chi connectivity index (χ1) is 7.97. The largest absolute Gasteiger partial charge is 0.505 e. The van der Waals surface area contributed by atoms with Crippen LogP contribution in [0.3, 0.4) is 0 Å². The molecule has 0 aliphatic rings. The van der Waals surface area contributed by atoms with Crippen LogP contribution in [0.1, 0.15) is 43.8 Å². The Morgan fingerprint density at radius 1 is 1.47 bits per heavy atom. The predicted octanol–water partition coefficient (Wildman–Crippen LogP) is 1.72. The van der Waals surface area contributed by atoms with Crippen molar-refractivity contribution in [2.75, 3.05) is 0 Å². The SMILES string of the molecule is CCc1c(O)c2c(C(C)C)nc(C)n2[nH]c1=O. The van der Waals surface area contributed by atoms with Gasteiger partial charge in [0.2, 0.25) is 0 Å². The average molecular weight is 235 g/mol. The second-order valence-corrected chi connectivity index (χ2v) is 4.50. The van der Waals surface area contributed by atoms with Crippen LogP contribution in [0.15, 0.2) is 4.79 Å². The van der Waals surface area contributed by atoms with E-state index in [2.05, 4.69) is 10.1 Å². The van der Waals surface area contributed by atoms with Crippen molar-refractivity contribution in [1.82, 2.24) is 14.6 Å². The van der Waals surface area contributed by atoms with Gasteiger partial charge in [0.05, 0.1) is 11.3 Å². The molecule has 92 valence electrons. The zero-order valence-corrected chi connectivity index (χ0v) is 10.5. The quantitative estimate of drug-likeness (QED) is 0.832. The zero-order chi connectivity index (χ0) is 12.7. The zero-order valence-electron chi connectivity index (χ0n) is 10.5. The summed E-state index contributed by atoms with van der Waals surface area (Å²) in [7, 11) is 0. The summed E-state index contributed by atoms with van der Waals surface area (Å²) < 4.78 is 1.56. The van der Waals surface area contributed by atoms with E-state index in [4.69, 9.17) is 0 Å². The third-order valence-corrected chi connectivity index (χ3v) is 2.97. The van der Waals surface area contributed by atoms with Gasteiger partial charge in [0.1, 0.15) is 11.3 Å². The van der Waals surface area contributed by atoms with E-state index in [0.717, 1.165) is 5.69 Å². The summed E-state index contributed by atoms with van der Waals surface area (Å²) in [4.78, 5) is 16.2. The smallest absolute Gasteiger partial charge is 0.269 e. The molecule has 0 aliphatic carbocycles. The first-order valence-corrected chi connectivity index (χ1v) is 5.80. The molecular formula is C12H17N3O2. The molecule has 0 saturated carbocycles. The number of aromatic hydroxyl groups is 1. The summed E-state index contributed by atoms with van der Waals surface area (Å²) in [5.41, 5.74) is 1.59. The van der Waals surface area contributed by atoms with Gasteiger partial charge in [0, 0.05) is 0 Å². The van der Waals surface area contributed by atoms with Crippen molar-refractivity contribution in [3.8, 4) is 5.75 Å². The van der Waals surface area contributed by atoms with E-state index < -0.39 is 0 Å². The van der Waals surface area contributed by atoms with Crippen molar-refractivity contribution in [3.05, 3.63) is 27.4 Å². The number of nitrogens with one attached hydrogen (secondary N) is 1. The van der Waals surface area contributed by atoms with Crippen molar-refractivity contribution >= 4 is 5.52 Å². The summed E-state index contributed by atoms with van der Waals surface area (Å²) in [6, 6.07) is 0. The Kier molecular flexibility index (Phi) is 2.69. The highest BCUT2D eigenvalue weighted by molar-refractivity contribution is 5.66. The summed E-state index contributed by atoms with van der Waals surface area (Å²) in [5.74, 6) is 0.930. The lowest BCUT2D eigenvalue weighted by Crippen LogP contribution is -2.17. The van der Waals surface area contributed by atoms with Crippen LogP contribution in [0.2, 0.25) is 0 Å². The monoisotopic (exact) mass is 235 g/mol. The molecule has 2 aromatic heterocycles. The molecule has 2 rings (SSSR count). The number of hydrogen-bond acceptors (Lipinski definition) is 3. The van der Waals surface area contributed by atoms with Crippen LogP contribution >= 0.6 is 0 Å². The van der Waals surface area contributed by atoms with Gasteiger partial charge in [-0.1, -0.05) is 20.8 Å². The highest BCUT2D eigenvalue weighted by Gasteiger charge is 2.19. The fraction of sp³-hybridized carbons (Fsp3) is 0.500. The Morgan fingerprint density at radius 2 is 2.12 bits per heavy atom. The fourth-order valence-corrected chi connectivity index (χ4v) is 2.07. The van der Waals surface area contributed by atoms with Gasteiger partial charge >= 0.3 is 0 Å². The van der Waals surface area contributed by atoms with E-state index in [1.165, 1.54) is 0 Å². The van der Waals surface area contributed by atoms with Gasteiger partial charge in [-0.05, 0) is 19.3 Å². The summed E-state index contributed by atoms with van der Waals surface area (Å²) in [5, 5.41) is 12.9. The molecule has 0 saturated heterocycles. The molecule has 0 aromatic carbocycles. The summed E-state index contributed by atoms with van der Waals surface area (Å²) in [6.07, 6.45) is 0.499.